The summed E-state index contributed by atoms with van der Waals surface area (Å²) in [6.07, 6.45) is -14.5. The van der Waals surface area contributed by atoms with Gasteiger partial charge in [0.1, 0.15) is 6.10 Å². The molecular formula is C19H28F6O3. The second kappa shape index (κ2) is 7.06. The molecule has 2 aliphatic carbocycles. The van der Waals surface area contributed by atoms with Crippen molar-refractivity contribution in [2.75, 3.05) is 0 Å². The summed E-state index contributed by atoms with van der Waals surface area (Å²) in [5, 5.41) is 9.77. The molecule has 2 fully saturated rings. The lowest BCUT2D eigenvalue weighted by Gasteiger charge is -2.42. The number of ether oxygens (including phenoxy) is 1. The van der Waals surface area contributed by atoms with Crippen LogP contribution >= 0.6 is 0 Å². The van der Waals surface area contributed by atoms with Gasteiger partial charge in [0.15, 0.2) is 0 Å². The van der Waals surface area contributed by atoms with Gasteiger partial charge in [0.2, 0.25) is 0 Å². The van der Waals surface area contributed by atoms with Gasteiger partial charge < -0.3 is 9.84 Å². The zero-order chi connectivity index (χ0) is 21.9. The standard InChI is InChI=1S/C19H28F6O3/c1-9(2)6-14(17(27,18(20,21)22)19(23,24)25)28-15(26)16(5)8-12-7-13(16)11(4)10(12)3/h9-14,27H,6-8H2,1-5H3. The van der Waals surface area contributed by atoms with E-state index in [1.54, 1.807) is 6.92 Å². The van der Waals surface area contributed by atoms with E-state index < -0.39 is 47.8 Å². The quantitative estimate of drug-likeness (QED) is 0.498. The van der Waals surface area contributed by atoms with Gasteiger partial charge in [-0.25, -0.2) is 0 Å². The van der Waals surface area contributed by atoms with Gasteiger partial charge in [-0.1, -0.05) is 27.7 Å². The van der Waals surface area contributed by atoms with Crippen LogP contribution in [0.2, 0.25) is 0 Å². The summed E-state index contributed by atoms with van der Waals surface area (Å²) < 4.78 is 84.8. The lowest BCUT2D eigenvalue weighted by Crippen LogP contribution is -2.65. The van der Waals surface area contributed by atoms with Crippen LogP contribution in [0.15, 0.2) is 0 Å². The van der Waals surface area contributed by atoms with Gasteiger partial charge in [0.25, 0.3) is 5.60 Å². The third kappa shape index (κ3) is 3.52. The minimum atomic E-state index is -6.04. The number of esters is 1. The van der Waals surface area contributed by atoms with E-state index in [1.807, 2.05) is 13.8 Å². The van der Waals surface area contributed by atoms with E-state index in [0.29, 0.717) is 18.8 Å². The van der Waals surface area contributed by atoms with Crippen LogP contribution in [0.1, 0.15) is 53.9 Å². The summed E-state index contributed by atoms with van der Waals surface area (Å²) in [4.78, 5) is 12.8. The molecule has 2 rings (SSSR count). The highest BCUT2D eigenvalue weighted by Gasteiger charge is 2.75. The summed E-state index contributed by atoms with van der Waals surface area (Å²) in [5.74, 6) is -1.28. The number of hydrogen-bond donors (Lipinski definition) is 1. The van der Waals surface area contributed by atoms with Crippen LogP contribution in [0.25, 0.3) is 0 Å². The van der Waals surface area contributed by atoms with Crippen LogP contribution in [0.5, 0.6) is 0 Å². The maximum atomic E-state index is 13.3. The van der Waals surface area contributed by atoms with Gasteiger partial charge >= 0.3 is 18.3 Å². The molecule has 0 aromatic carbocycles. The first-order valence-corrected chi connectivity index (χ1v) is 9.53. The Hall–Kier alpha value is -0.990. The Bertz CT molecular complexity index is 583. The molecule has 2 saturated carbocycles. The molecule has 0 amide bonds. The van der Waals surface area contributed by atoms with Gasteiger partial charge in [-0.15, -0.1) is 0 Å². The van der Waals surface area contributed by atoms with E-state index >= 15 is 0 Å². The third-order valence-electron chi connectivity index (χ3n) is 7.00. The van der Waals surface area contributed by atoms with Crippen LogP contribution in [0.4, 0.5) is 26.3 Å². The predicted molar refractivity (Wildman–Crippen MR) is 89.0 cm³/mol. The maximum Gasteiger partial charge on any atom is 0.430 e. The molecule has 0 aromatic rings. The van der Waals surface area contributed by atoms with Gasteiger partial charge in [-0.3, -0.25) is 4.79 Å². The molecular weight excluding hydrogens is 390 g/mol. The van der Waals surface area contributed by atoms with Crippen LogP contribution in [0.3, 0.4) is 0 Å². The Labute approximate surface area is 160 Å². The molecule has 0 saturated heterocycles. The molecule has 6 unspecified atom stereocenters. The van der Waals surface area contributed by atoms with E-state index in [9.17, 15) is 36.2 Å². The van der Waals surface area contributed by atoms with Gasteiger partial charge in [0, 0.05) is 0 Å². The topological polar surface area (TPSA) is 46.5 Å². The molecule has 6 atom stereocenters. The molecule has 9 heteroatoms. The molecule has 2 aliphatic rings. The number of alkyl halides is 6. The summed E-state index contributed by atoms with van der Waals surface area (Å²) in [5.41, 5.74) is -6.27. The fourth-order valence-electron chi connectivity index (χ4n) is 5.11. The fourth-order valence-corrected chi connectivity index (χ4v) is 5.11. The first-order chi connectivity index (χ1) is 12.5. The number of carbonyl (C=O) groups excluding carboxylic acids is 1. The van der Waals surface area contributed by atoms with Crippen molar-refractivity contribution in [3.8, 4) is 0 Å². The van der Waals surface area contributed by atoms with Crippen molar-refractivity contribution in [3.63, 3.8) is 0 Å². The lowest BCUT2D eigenvalue weighted by molar-refractivity contribution is -0.392. The Morgan fingerprint density at radius 3 is 1.96 bits per heavy atom. The summed E-state index contributed by atoms with van der Waals surface area (Å²) in [6, 6.07) is 0. The summed E-state index contributed by atoms with van der Waals surface area (Å²) in [6.45, 7) is 8.32. The van der Waals surface area contributed by atoms with Crippen molar-refractivity contribution in [3.05, 3.63) is 0 Å². The first kappa shape index (κ1) is 23.3. The van der Waals surface area contributed by atoms with Crippen molar-refractivity contribution in [1.82, 2.24) is 0 Å². The zero-order valence-electron chi connectivity index (χ0n) is 16.6. The number of hydrogen-bond acceptors (Lipinski definition) is 3. The van der Waals surface area contributed by atoms with Crippen LogP contribution in [-0.4, -0.2) is 35.1 Å². The zero-order valence-corrected chi connectivity index (χ0v) is 16.6. The molecule has 0 aliphatic heterocycles. The number of halogens is 6. The number of carbonyl (C=O) groups is 1. The normalized spacial score (nSPS) is 34.8. The van der Waals surface area contributed by atoms with Gasteiger partial charge in [-0.05, 0) is 55.8 Å². The Morgan fingerprint density at radius 2 is 1.61 bits per heavy atom. The van der Waals surface area contributed by atoms with Gasteiger partial charge in [0.05, 0.1) is 5.41 Å². The van der Waals surface area contributed by atoms with E-state index in [-0.39, 0.29) is 17.8 Å². The summed E-state index contributed by atoms with van der Waals surface area (Å²) in [7, 11) is 0. The van der Waals surface area contributed by atoms with E-state index in [4.69, 9.17) is 4.74 Å². The van der Waals surface area contributed by atoms with Crippen molar-refractivity contribution in [2.45, 2.75) is 77.9 Å². The SMILES string of the molecule is CC(C)CC(OC(=O)C1(C)CC2CC1C(C)C2C)C(O)(C(F)(F)F)C(F)(F)F. The maximum absolute atomic E-state index is 13.3. The second-order valence-electron chi connectivity index (χ2n) is 9.23. The summed E-state index contributed by atoms with van der Waals surface area (Å²) >= 11 is 0. The highest BCUT2D eigenvalue weighted by Crippen LogP contribution is 2.61. The molecule has 0 heterocycles. The molecule has 0 aromatic heterocycles. The number of aliphatic hydroxyl groups is 1. The number of fused-ring (bicyclic) bond motifs is 2. The molecule has 0 spiro atoms. The Balaban J connectivity index is 2.36. The number of rotatable bonds is 5. The monoisotopic (exact) mass is 418 g/mol. The Kier molecular flexibility index (Phi) is 5.87. The predicted octanol–water partition coefficient (Wildman–Crippen LogP) is 5.12. The minimum absolute atomic E-state index is 0.115. The molecule has 1 N–H and O–H groups in total. The van der Waals surface area contributed by atoms with Crippen molar-refractivity contribution >= 4 is 5.97 Å². The van der Waals surface area contributed by atoms with E-state index in [2.05, 4.69) is 0 Å². The smallest absolute Gasteiger partial charge is 0.430 e. The van der Waals surface area contributed by atoms with E-state index in [0.717, 1.165) is 0 Å². The second-order valence-corrected chi connectivity index (χ2v) is 9.23. The molecule has 28 heavy (non-hydrogen) atoms. The average molecular weight is 418 g/mol. The van der Waals surface area contributed by atoms with Crippen molar-refractivity contribution in [1.29, 1.82) is 0 Å². The van der Waals surface area contributed by atoms with E-state index in [1.165, 1.54) is 13.8 Å². The highest BCUT2D eigenvalue weighted by molar-refractivity contribution is 5.78. The third-order valence-corrected chi connectivity index (χ3v) is 7.00. The Morgan fingerprint density at radius 1 is 1.11 bits per heavy atom. The molecule has 164 valence electrons. The largest absolute Gasteiger partial charge is 0.458 e. The fraction of sp³-hybridized carbons (Fsp3) is 0.947. The first-order valence-electron chi connectivity index (χ1n) is 9.53. The average Bonchev–Trinajstić information content (AvgIpc) is 3.00. The van der Waals surface area contributed by atoms with Gasteiger partial charge in [-0.2, -0.15) is 26.3 Å². The van der Waals surface area contributed by atoms with Crippen LogP contribution in [-0.2, 0) is 9.53 Å². The lowest BCUT2D eigenvalue weighted by atomic mass is 9.67. The minimum Gasteiger partial charge on any atom is -0.458 e. The molecule has 3 nitrogen and oxygen atoms in total. The van der Waals surface area contributed by atoms with Crippen molar-refractivity contribution < 1.29 is 41.0 Å². The molecule has 0 radical (unpaired) electrons. The highest BCUT2D eigenvalue weighted by atomic mass is 19.4. The van der Waals surface area contributed by atoms with Crippen molar-refractivity contribution in [2.24, 2.45) is 35.0 Å². The van der Waals surface area contributed by atoms with Crippen LogP contribution in [0, 0.1) is 35.0 Å². The molecule has 2 bridgehead atoms. The van der Waals surface area contributed by atoms with Crippen LogP contribution < -0.4 is 0 Å².